The van der Waals surface area contributed by atoms with Crippen molar-refractivity contribution in [1.82, 2.24) is 0 Å². The molecule has 0 aliphatic heterocycles. The van der Waals surface area contributed by atoms with Crippen LogP contribution in [0.5, 0.6) is 17.2 Å². The van der Waals surface area contributed by atoms with E-state index >= 15 is 0 Å². The first-order chi connectivity index (χ1) is 15.6. The van der Waals surface area contributed by atoms with Gasteiger partial charge in [-0.3, -0.25) is 0 Å². The highest BCUT2D eigenvalue weighted by molar-refractivity contribution is 9.11. The monoisotopic (exact) mass is 551 g/mol. The van der Waals surface area contributed by atoms with E-state index in [1.165, 1.54) is 5.56 Å². The normalized spacial score (nSPS) is 10.6. The summed E-state index contributed by atoms with van der Waals surface area (Å²) in [5, 5.41) is 3.48. The molecular formula is C27H23Br2NO2. The predicted molar refractivity (Wildman–Crippen MR) is 138 cm³/mol. The van der Waals surface area contributed by atoms with Crippen molar-refractivity contribution in [1.29, 1.82) is 0 Å². The summed E-state index contributed by atoms with van der Waals surface area (Å²) in [5.74, 6) is 2.46. The summed E-state index contributed by atoms with van der Waals surface area (Å²) in [5.41, 5.74) is 4.44. The van der Waals surface area contributed by atoms with Crippen LogP contribution in [-0.4, -0.2) is 0 Å². The Bertz CT molecular complexity index is 1160. The fourth-order valence-corrected chi connectivity index (χ4v) is 4.64. The minimum absolute atomic E-state index is 0.513. The van der Waals surface area contributed by atoms with Crippen LogP contribution in [0.1, 0.15) is 16.7 Å². The van der Waals surface area contributed by atoms with E-state index in [1.54, 1.807) is 0 Å². The van der Waals surface area contributed by atoms with E-state index in [4.69, 9.17) is 9.47 Å². The Balaban J connectivity index is 1.42. The van der Waals surface area contributed by atoms with Crippen molar-refractivity contribution in [3.8, 4) is 17.2 Å². The fraction of sp³-hybridized carbons (Fsp3) is 0.111. The van der Waals surface area contributed by atoms with Gasteiger partial charge in [0.25, 0.3) is 0 Å². The van der Waals surface area contributed by atoms with Crippen LogP contribution in [0.15, 0.2) is 99.9 Å². The number of ether oxygens (including phenoxy) is 2. The van der Waals surface area contributed by atoms with E-state index in [2.05, 4.69) is 74.4 Å². The first-order valence-electron chi connectivity index (χ1n) is 10.3. The van der Waals surface area contributed by atoms with Crippen LogP contribution in [0.2, 0.25) is 0 Å². The van der Waals surface area contributed by atoms with Crippen LogP contribution in [0.3, 0.4) is 0 Å². The van der Waals surface area contributed by atoms with Crippen molar-refractivity contribution in [2.75, 3.05) is 5.32 Å². The summed E-state index contributed by atoms with van der Waals surface area (Å²) in [6.07, 6.45) is 0. The van der Waals surface area contributed by atoms with Crippen LogP contribution in [0.4, 0.5) is 5.69 Å². The SMILES string of the molecule is Cc1ccc(COc2c(Br)cc(Br)cc2CNc2ccc(Oc3ccccc3)cc2)cc1. The summed E-state index contributed by atoms with van der Waals surface area (Å²) >= 11 is 7.24. The third-order valence-corrected chi connectivity index (χ3v) is 5.95. The van der Waals surface area contributed by atoms with Crippen LogP contribution in [-0.2, 0) is 13.2 Å². The summed E-state index contributed by atoms with van der Waals surface area (Å²) in [7, 11) is 0. The topological polar surface area (TPSA) is 30.5 Å². The lowest BCUT2D eigenvalue weighted by Gasteiger charge is -2.16. The number of anilines is 1. The molecule has 0 saturated heterocycles. The molecule has 0 aliphatic rings. The van der Waals surface area contributed by atoms with E-state index in [0.717, 1.165) is 43.0 Å². The van der Waals surface area contributed by atoms with Gasteiger partial charge in [-0.25, -0.2) is 0 Å². The Labute approximate surface area is 205 Å². The van der Waals surface area contributed by atoms with Gasteiger partial charge < -0.3 is 14.8 Å². The van der Waals surface area contributed by atoms with Crippen LogP contribution < -0.4 is 14.8 Å². The molecule has 3 nitrogen and oxygen atoms in total. The average Bonchev–Trinajstić information content (AvgIpc) is 2.80. The second-order valence-electron chi connectivity index (χ2n) is 7.44. The molecule has 0 heterocycles. The Morgan fingerprint density at radius 1 is 0.781 bits per heavy atom. The number of benzene rings is 4. The number of para-hydroxylation sites is 1. The molecule has 0 atom stereocenters. The number of hydrogen-bond acceptors (Lipinski definition) is 3. The predicted octanol–water partition coefficient (Wildman–Crippen LogP) is 8.50. The average molecular weight is 553 g/mol. The standard InChI is InChI=1S/C27H23Br2NO2/c1-19-7-9-20(10-8-19)18-31-27-21(15-22(28)16-26(27)29)17-30-23-11-13-25(14-12-23)32-24-5-3-2-4-6-24/h2-16,30H,17-18H2,1H3. The van der Waals surface area contributed by atoms with Crippen LogP contribution >= 0.6 is 31.9 Å². The van der Waals surface area contributed by atoms with E-state index in [0.29, 0.717) is 13.2 Å². The lowest BCUT2D eigenvalue weighted by Crippen LogP contribution is -2.05. The van der Waals surface area contributed by atoms with Crippen LogP contribution in [0, 0.1) is 6.92 Å². The molecule has 0 aliphatic carbocycles. The number of aryl methyl sites for hydroxylation is 1. The molecule has 5 heteroatoms. The van der Waals surface area contributed by atoms with Gasteiger partial charge in [0.15, 0.2) is 0 Å². The highest BCUT2D eigenvalue weighted by Gasteiger charge is 2.11. The molecule has 0 bridgehead atoms. The summed E-state index contributed by atoms with van der Waals surface area (Å²) < 4.78 is 14.0. The molecule has 4 aromatic rings. The molecule has 0 spiro atoms. The third kappa shape index (κ3) is 6.15. The summed E-state index contributed by atoms with van der Waals surface area (Å²) in [4.78, 5) is 0. The number of hydrogen-bond donors (Lipinski definition) is 1. The van der Waals surface area contributed by atoms with E-state index in [-0.39, 0.29) is 0 Å². The molecule has 1 N–H and O–H groups in total. The van der Waals surface area contributed by atoms with Crippen molar-refractivity contribution in [2.24, 2.45) is 0 Å². The summed E-state index contributed by atoms with van der Waals surface area (Å²) in [6, 6.07) is 30.2. The van der Waals surface area contributed by atoms with Gasteiger partial charge in [0.1, 0.15) is 23.9 Å². The van der Waals surface area contributed by atoms with E-state index in [1.807, 2.05) is 60.7 Å². The molecule has 0 amide bonds. The number of nitrogens with one attached hydrogen (secondary N) is 1. The van der Waals surface area contributed by atoms with Crippen molar-refractivity contribution in [2.45, 2.75) is 20.1 Å². The molecule has 0 radical (unpaired) electrons. The van der Waals surface area contributed by atoms with Crippen molar-refractivity contribution >= 4 is 37.5 Å². The highest BCUT2D eigenvalue weighted by Crippen LogP contribution is 2.34. The van der Waals surface area contributed by atoms with Crippen molar-refractivity contribution in [3.05, 3.63) is 117 Å². The quantitative estimate of drug-likeness (QED) is 0.237. The van der Waals surface area contributed by atoms with Crippen LogP contribution in [0.25, 0.3) is 0 Å². The van der Waals surface area contributed by atoms with Gasteiger partial charge >= 0.3 is 0 Å². The van der Waals surface area contributed by atoms with Gasteiger partial charge in [-0.15, -0.1) is 0 Å². The lowest BCUT2D eigenvalue weighted by molar-refractivity contribution is 0.301. The second kappa shape index (κ2) is 10.7. The molecule has 0 aromatic heterocycles. The number of halogens is 2. The zero-order valence-corrected chi connectivity index (χ0v) is 20.8. The molecule has 0 unspecified atom stereocenters. The maximum atomic E-state index is 6.20. The molecule has 4 aromatic carbocycles. The Morgan fingerprint density at radius 3 is 2.19 bits per heavy atom. The molecule has 0 fully saturated rings. The molecule has 0 saturated carbocycles. The highest BCUT2D eigenvalue weighted by atomic mass is 79.9. The molecule has 4 rings (SSSR count). The Kier molecular flexibility index (Phi) is 7.51. The zero-order chi connectivity index (χ0) is 22.3. The minimum Gasteiger partial charge on any atom is -0.487 e. The van der Waals surface area contributed by atoms with Gasteiger partial charge in [0.2, 0.25) is 0 Å². The van der Waals surface area contributed by atoms with Gasteiger partial charge in [-0.2, -0.15) is 0 Å². The van der Waals surface area contributed by atoms with Crippen molar-refractivity contribution in [3.63, 3.8) is 0 Å². The van der Waals surface area contributed by atoms with Crippen molar-refractivity contribution < 1.29 is 9.47 Å². The second-order valence-corrected chi connectivity index (χ2v) is 9.21. The summed E-state index contributed by atoms with van der Waals surface area (Å²) in [6.45, 7) is 3.22. The third-order valence-electron chi connectivity index (χ3n) is 4.91. The Hall–Kier alpha value is -2.76. The van der Waals surface area contributed by atoms with E-state index < -0.39 is 0 Å². The fourth-order valence-electron chi connectivity index (χ4n) is 3.21. The van der Waals surface area contributed by atoms with Gasteiger partial charge in [-0.05, 0) is 76.9 Å². The van der Waals surface area contributed by atoms with Gasteiger partial charge in [0.05, 0.1) is 4.47 Å². The number of rotatable bonds is 8. The van der Waals surface area contributed by atoms with Gasteiger partial charge in [0, 0.05) is 22.3 Å². The molecular weight excluding hydrogens is 530 g/mol. The first-order valence-corrected chi connectivity index (χ1v) is 11.9. The lowest BCUT2D eigenvalue weighted by atomic mass is 10.1. The molecule has 162 valence electrons. The minimum atomic E-state index is 0.513. The first kappa shape index (κ1) is 22.4. The smallest absolute Gasteiger partial charge is 0.139 e. The largest absolute Gasteiger partial charge is 0.487 e. The van der Waals surface area contributed by atoms with E-state index in [9.17, 15) is 0 Å². The van der Waals surface area contributed by atoms with Gasteiger partial charge in [-0.1, -0.05) is 64.0 Å². The maximum Gasteiger partial charge on any atom is 0.139 e. The Morgan fingerprint density at radius 2 is 1.47 bits per heavy atom. The maximum absolute atomic E-state index is 6.20. The zero-order valence-electron chi connectivity index (χ0n) is 17.6. The molecule has 32 heavy (non-hydrogen) atoms.